The summed E-state index contributed by atoms with van der Waals surface area (Å²) in [6.45, 7) is 0. The summed E-state index contributed by atoms with van der Waals surface area (Å²) in [6.07, 6.45) is 7.75. The van der Waals surface area contributed by atoms with E-state index in [4.69, 9.17) is 4.42 Å². The summed E-state index contributed by atoms with van der Waals surface area (Å²) in [5.74, 6) is 0. The number of rotatable bonds is 1. The standard InChI is InChI=1S/C16H13N3O/c1-18-8-10-19(11-9-18)16-17-15-13-5-3-2-4-12(13)6-7-14(15)20-16/h2-11H,1H3. The van der Waals surface area contributed by atoms with Gasteiger partial charge < -0.3 is 9.32 Å². The summed E-state index contributed by atoms with van der Waals surface area (Å²) in [4.78, 5) is 8.46. The SMILES string of the molecule is CN1C=CN(c2nc3c(ccc4ccccc43)o2)C=C1. The molecule has 0 amide bonds. The Balaban J connectivity index is 1.89. The van der Waals surface area contributed by atoms with Crippen molar-refractivity contribution in [2.24, 2.45) is 0 Å². The van der Waals surface area contributed by atoms with Gasteiger partial charge in [0.25, 0.3) is 0 Å². The van der Waals surface area contributed by atoms with Crippen molar-refractivity contribution in [2.45, 2.75) is 0 Å². The van der Waals surface area contributed by atoms with Gasteiger partial charge in [-0.3, -0.25) is 4.90 Å². The summed E-state index contributed by atoms with van der Waals surface area (Å²) in [5, 5.41) is 2.28. The van der Waals surface area contributed by atoms with Crippen LogP contribution in [0.4, 0.5) is 6.01 Å². The van der Waals surface area contributed by atoms with Gasteiger partial charge in [0.15, 0.2) is 5.58 Å². The topological polar surface area (TPSA) is 32.5 Å². The van der Waals surface area contributed by atoms with E-state index in [0.29, 0.717) is 6.01 Å². The summed E-state index contributed by atoms with van der Waals surface area (Å²) in [6, 6.07) is 12.8. The number of nitrogens with zero attached hydrogens (tertiary/aromatic N) is 3. The first-order chi connectivity index (χ1) is 9.81. The molecule has 98 valence electrons. The zero-order chi connectivity index (χ0) is 13.5. The minimum Gasteiger partial charge on any atom is -0.423 e. The molecule has 0 atom stereocenters. The number of oxazole rings is 1. The van der Waals surface area contributed by atoms with Crippen LogP contribution >= 0.6 is 0 Å². The Morgan fingerprint density at radius 3 is 2.60 bits per heavy atom. The van der Waals surface area contributed by atoms with E-state index in [-0.39, 0.29) is 0 Å². The first kappa shape index (κ1) is 11.1. The maximum atomic E-state index is 5.84. The quantitative estimate of drug-likeness (QED) is 0.670. The van der Waals surface area contributed by atoms with Gasteiger partial charge in [-0.1, -0.05) is 30.3 Å². The molecule has 0 radical (unpaired) electrons. The normalized spacial score (nSPS) is 14.7. The molecule has 0 unspecified atom stereocenters. The van der Waals surface area contributed by atoms with E-state index in [9.17, 15) is 0 Å². The molecule has 3 aromatic rings. The molecule has 0 saturated carbocycles. The Morgan fingerprint density at radius 2 is 1.75 bits per heavy atom. The van der Waals surface area contributed by atoms with Crippen LogP contribution in [0.2, 0.25) is 0 Å². The maximum absolute atomic E-state index is 5.84. The molecular weight excluding hydrogens is 250 g/mol. The highest BCUT2D eigenvalue weighted by Gasteiger charge is 2.13. The summed E-state index contributed by atoms with van der Waals surface area (Å²) < 4.78 is 5.84. The fraction of sp³-hybridized carbons (Fsp3) is 0.0625. The first-order valence-corrected chi connectivity index (χ1v) is 6.46. The Kier molecular flexibility index (Phi) is 2.29. The molecule has 2 heterocycles. The fourth-order valence-corrected chi connectivity index (χ4v) is 2.34. The molecule has 0 spiro atoms. The van der Waals surface area contributed by atoms with Crippen LogP contribution in [0.5, 0.6) is 0 Å². The first-order valence-electron chi connectivity index (χ1n) is 6.46. The highest BCUT2D eigenvalue weighted by atomic mass is 16.4. The molecule has 20 heavy (non-hydrogen) atoms. The van der Waals surface area contributed by atoms with E-state index in [1.54, 1.807) is 0 Å². The van der Waals surface area contributed by atoms with Crippen molar-refractivity contribution in [2.75, 3.05) is 11.9 Å². The molecular formula is C16H13N3O. The second-order valence-electron chi connectivity index (χ2n) is 4.80. The average Bonchev–Trinajstić information content (AvgIpc) is 2.92. The molecule has 2 aromatic carbocycles. The van der Waals surface area contributed by atoms with Crippen LogP contribution in [0.15, 0.2) is 65.6 Å². The van der Waals surface area contributed by atoms with Gasteiger partial charge in [-0.05, 0) is 11.5 Å². The third kappa shape index (κ3) is 1.66. The van der Waals surface area contributed by atoms with Gasteiger partial charge in [0.2, 0.25) is 0 Å². The summed E-state index contributed by atoms with van der Waals surface area (Å²) >= 11 is 0. The van der Waals surface area contributed by atoms with E-state index < -0.39 is 0 Å². The number of hydrogen-bond donors (Lipinski definition) is 0. The van der Waals surface area contributed by atoms with Crippen LogP contribution in [0.25, 0.3) is 21.9 Å². The zero-order valence-electron chi connectivity index (χ0n) is 11.0. The Bertz CT molecular complexity index is 833. The monoisotopic (exact) mass is 263 g/mol. The number of aromatic nitrogens is 1. The molecule has 0 N–H and O–H groups in total. The predicted molar refractivity (Wildman–Crippen MR) is 80.0 cm³/mol. The molecule has 0 aliphatic carbocycles. The molecule has 0 fully saturated rings. The van der Waals surface area contributed by atoms with E-state index in [0.717, 1.165) is 16.5 Å². The second kappa shape index (κ2) is 4.13. The van der Waals surface area contributed by atoms with Crippen LogP contribution < -0.4 is 4.90 Å². The zero-order valence-corrected chi connectivity index (χ0v) is 11.0. The number of benzene rings is 2. The minimum atomic E-state index is 0.581. The van der Waals surface area contributed by atoms with Gasteiger partial charge in [-0.25, -0.2) is 0 Å². The van der Waals surface area contributed by atoms with E-state index in [2.05, 4.69) is 23.2 Å². The largest absolute Gasteiger partial charge is 0.423 e. The summed E-state index contributed by atoms with van der Waals surface area (Å²) in [5.41, 5.74) is 1.71. The Hall–Kier alpha value is -2.75. The van der Waals surface area contributed by atoms with Crippen LogP contribution in [0, 0.1) is 0 Å². The van der Waals surface area contributed by atoms with Gasteiger partial charge in [0.1, 0.15) is 5.52 Å². The second-order valence-corrected chi connectivity index (χ2v) is 4.80. The van der Waals surface area contributed by atoms with Crippen molar-refractivity contribution in [1.82, 2.24) is 9.88 Å². The lowest BCUT2D eigenvalue weighted by molar-refractivity contribution is 0.582. The molecule has 1 aliphatic rings. The fourth-order valence-electron chi connectivity index (χ4n) is 2.34. The Morgan fingerprint density at radius 1 is 0.950 bits per heavy atom. The number of hydrogen-bond acceptors (Lipinski definition) is 4. The maximum Gasteiger partial charge on any atom is 0.306 e. The van der Waals surface area contributed by atoms with E-state index in [1.807, 2.05) is 59.8 Å². The predicted octanol–water partition coefficient (Wildman–Crippen LogP) is 3.68. The highest BCUT2D eigenvalue weighted by Crippen LogP contribution is 2.29. The minimum absolute atomic E-state index is 0.581. The van der Waals surface area contributed by atoms with Crippen molar-refractivity contribution in [3.8, 4) is 0 Å². The van der Waals surface area contributed by atoms with E-state index >= 15 is 0 Å². The van der Waals surface area contributed by atoms with Crippen LogP contribution in [-0.2, 0) is 0 Å². The number of fused-ring (bicyclic) bond motifs is 3. The van der Waals surface area contributed by atoms with Gasteiger partial charge in [0.05, 0.1) is 0 Å². The lowest BCUT2D eigenvalue weighted by Crippen LogP contribution is -2.16. The molecule has 1 aromatic heterocycles. The third-order valence-corrected chi connectivity index (χ3v) is 3.42. The van der Waals surface area contributed by atoms with Crippen molar-refractivity contribution in [3.63, 3.8) is 0 Å². The van der Waals surface area contributed by atoms with Crippen LogP contribution in [0.1, 0.15) is 0 Å². The molecule has 0 bridgehead atoms. The van der Waals surface area contributed by atoms with Crippen LogP contribution in [0.3, 0.4) is 0 Å². The third-order valence-electron chi connectivity index (χ3n) is 3.42. The van der Waals surface area contributed by atoms with Crippen molar-refractivity contribution < 1.29 is 4.42 Å². The molecule has 0 saturated heterocycles. The van der Waals surface area contributed by atoms with Gasteiger partial charge in [-0.15, -0.1) is 0 Å². The molecule has 4 nitrogen and oxygen atoms in total. The lowest BCUT2D eigenvalue weighted by Gasteiger charge is -2.18. The van der Waals surface area contributed by atoms with Gasteiger partial charge >= 0.3 is 6.01 Å². The van der Waals surface area contributed by atoms with Gasteiger partial charge in [-0.2, -0.15) is 4.98 Å². The molecule has 4 heteroatoms. The Labute approximate surface area is 116 Å². The average molecular weight is 263 g/mol. The smallest absolute Gasteiger partial charge is 0.306 e. The van der Waals surface area contributed by atoms with Crippen molar-refractivity contribution in [1.29, 1.82) is 0 Å². The van der Waals surface area contributed by atoms with E-state index in [1.165, 1.54) is 5.39 Å². The molecule has 4 rings (SSSR count). The van der Waals surface area contributed by atoms with Crippen molar-refractivity contribution >= 4 is 27.9 Å². The van der Waals surface area contributed by atoms with Crippen molar-refractivity contribution in [3.05, 3.63) is 61.2 Å². The highest BCUT2D eigenvalue weighted by molar-refractivity contribution is 6.03. The van der Waals surface area contributed by atoms with Crippen LogP contribution in [-0.4, -0.2) is 16.9 Å². The lowest BCUT2D eigenvalue weighted by atomic mass is 10.1. The summed E-state index contributed by atoms with van der Waals surface area (Å²) in [7, 11) is 1.98. The molecule has 1 aliphatic heterocycles. The number of anilines is 1. The van der Waals surface area contributed by atoms with Gasteiger partial charge in [0, 0.05) is 37.2 Å².